The molecular formula is C10H19NO2SSi. The third kappa shape index (κ3) is 7.41. The van der Waals surface area contributed by atoms with Gasteiger partial charge in [0.25, 0.3) is 0 Å². The zero-order valence-corrected chi connectivity index (χ0v) is 11.9. The maximum Gasteiger partial charge on any atom is 0.348 e. The van der Waals surface area contributed by atoms with Crippen LogP contribution in [0.4, 0.5) is 0 Å². The molecule has 5 heteroatoms. The Balaban J connectivity index is 4.05. The topological polar surface area (TPSA) is 29.5 Å². The van der Waals surface area contributed by atoms with Crippen LogP contribution in [0.25, 0.3) is 0 Å². The molecule has 3 nitrogen and oxygen atoms in total. The monoisotopic (exact) mass is 245 g/mol. The molecule has 0 aliphatic rings. The van der Waals surface area contributed by atoms with Gasteiger partial charge in [-0.15, -0.1) is 0 Å². The number of hydroxylamine groups is 1. The van der Waals surface area contributed by atoms with Gasteiger partial charge in [0.15, 0.2) is 8.24 Å². The number of hydrogen-bond donors (Lipinski definition) is 0. The number of thiocarbonyl (C=S) groups is 1. The van der Waals surface area contributed by atoms with E-state index in [2.05, 4.69) is 19.6 Å². The zero-order valence-electron chi connectivity index (χ0n) is 10.0. The Morgan fingerprint density at radius 3 is 2.40 bits per heavy atom. The highest BCUT2D eigenvalue weighted by atomic mass is 32.1. The van der Waals surface area contributed by atoms with Crippen molar-refractivity contribution >= 4 is 31.3 Å². The third-order valence-electron chi connectivity index (χ3n) is 1.83. The van der Waals surface area contributed by atoms with Crippen LogP contribution in [0, 0.1) is 0 Å². The first kappa shape index (κ1) is 14.5. The summed E-state index contributed by atoms with van der Waals surface area (Å²) in [4.78, 5) is 17.3. The van der Waals surface area contributed by atoms with E-state index in [1.807, 2.05) is 6.92 Å². The second-order valence-corrected chi connectivity index (χ2v) is 10.1. The minimum Gasteiger partial charge on any atom is -0.372 e. The average Bonchev–Trinajstić information content (AvgIpc) is 2.01. The maximum atomic E-state index is 11.3. The van der Waals surface area contributed by atoms with Gasteiger partial charge in [-0.3, -0.25) is 0 Å². The van der Waals surface area contributed by atoms with Gasteiger partial charge >= 0.3 is 5.97 Å². The van der Waals surface area contributed by atoms with E-state index >= 15 is 0 Å². The minimum atomic E-state index is -1.55. The summed E-state index contributed by atoms with van der Waals surface area (Å²) in [5.74, 6) is -0.337. The predicted molar refractivity (Wildman–Crippen MR) is 69.2 cm³/mol. The minimum absolute atomic E-state index is 0.337. The van der Waals surface area contributed by atoms with Crippen LogP contribution in [0.5, 0.6) is 0 Å². The molecule has 0 aromatic carbocycles. The van der Waals surface area contributed by atoms with Crippen molar-refractivity contribution in [2.45, 2.75) is 33.0 Å². The van der Waals surface area contributed by atoms with Crippen LogP contribution in [0.2, 0.25) is 19.6 Å². The Morgan fingerprint density at radius 1 is 1.47 bits per heavy atom. The predicted octanol–water partition coefficient (Wildman–Crippen LogP) is 2.55. The molecule has 0 aromatic heterocycles. The summed E-state index contributed by atoms with van der Waals surface area (Å²) in [6.07, 6.45) is 3.79. The molecule has 0 amide bonds. The number of nitrogens with zero attached hydrogens (tertiary/aromatic N) is 1. The van der Waals surface area contributed by atoms with Gasteiger partial charge in [0.2, 0.25) is 0 Å². The fourth-order valence-corrected chi connectivity index (χ4v) is 1.08. The highest BCUT2D eigenvalue weighted by Gasteiger charge is 2.23. The van der Waals surface area contributed by atoms with Gasteiger partial charge in [-0.2, -0.15) is 4.73 Å². The van der Waals surface area contributed by atoms with E-state index in [9.17, 15) is 4.79 Å². The lowest BCUT2D eigenvalue weighted by Crippen LogP contribution is -2.43. The Bertz CT molecular complexity index is 271. The Kier molecular flexibility index (Phi) is 5.93. The number of allylic oxidation sites excluding steroid dienone is 1. The second kappa shape index (κ2) is 6.15. The van der Waals surface area contributed by atoms with Crippen LogP contribution in [0.15, 0.2) is 12.2 Å². The van der Waals surface area contributed by atoms with Gasteiger partial charge in [-0.1, -0.05) is 37.9 Å². The molecule has 0 aromatic rings. The van der Waals surface area contributed by atoms with Crippen LogP contribution < -0.4 is 0 Å². The Morgan fingerprint density at radius 2 is 2.00 bits per heavy atom. The van der Waals surface area contributed by atoms with Crippen LogP contribution in [0.3, 0.4) is 0 Å². The highest BCUT2D eigenvalue weighted by molar-refractivity contribution is 7.80. The number of carbonyl (C=O) groups is 1. The summed E-state index contributed by atoms with van der Waals surface area (Å²) in [6, 6.07) is 0. The zero-order chi connectivity index (χ0) is 12.1. The number of hydrogen-bond acceptors (Lipinski definition) is 4. The Labute approximate surface area is 98.1 Å². The van der Waals surface area contributed by atoms with Gasteiger partial charge in [0.05, 0.1) is 0 Å². The van der Waals surface area contributed by atoms with Crippen molar-refractivity contribution in [3.05, 3.63) is 12.2 Å². The number of carbonyl (C=O) groups excluding carboxylic acids is 1. The average molecular weight is 245 g/mol. The van der Waals surface area contributed by atoms with Gasteiger partial charge in [0.1, 0.15) is 0 Å². The molecule has 0 bridgehead atoms. The van der Waals surface area contributed by atoms with Crippen molar-refractivity contribution in [3.63, 3.8) is 0 Å². The first-order chi connectivity index (χ1) is 6.73. The molecule has 0 spiro atoms. The first-order valence-electron chi connectivity index (χ1n) is 4.85. The van der Waals surface area contributed by atoms with Crippen LogP contribution in [-0.2, 0) is 9.63 Å². The lowest BCUT2D eigenvalue weighted by atomic mass is 10.3. The second-order valence-electron chi connectivity index (χ2n) is 4.39. The molecule has 0 heterocycles. The van der Waals surface area contributed by atoms with E-state index in [0.29, 0.717) is 6.42 Å². The summed E-state index contributed by atoms with van der Waals surface area (Å²) in [5, 5.41) is 0. The SMILES string of the molecule is CC(=S)CC=CC(=O)ON(C)[Si](C)(C)C. The van der Waals surface area contributed by atoms with Crippen LogP contribution in [0.1, 0.15) is 13.3 Å². The van der Waals surface area contributed by atoms with Gasteiger partial charge < -0.3 is 4.84 Å². The largest absolute Gasteiger partial charge is 0.372 e. The Hall–Kier alpha value is -0.523. The van der Waals surface area contributed by atoms with Gasteiger partial charge in [0, 0.05) is 13.1 Å². The van der Waals surface area contributed by atoms with Crippen molar-refractivity contribution in [1.29, 1.82) is 0 Å². The molecule has 15 heavy (non-hydrogen) atoms. The van der Waals surface area contributed by atoms with Gasteiger partial charge in [-0.25, -0.2) is 4.79 Å². The molecule has 0 radical (unpaired) electrons. The molecule has 0 unspecified atom stereocenters. The van der Waals surface area contributed by atoms with Crippen molar-refractivity contribution in [3.8, 4) is 0 Å². The third-order valence-corrected chi connectivity index (χ3v) is 3.98. The van der Waals surface area contributed by atoms with E-state index in [1.54, 1.807) is 17.9 Å². The molecule has 86 valence electrons. The molecule has 0 aliphatic carbocycles. The number of rotatable bonds is 5. The molecule has 0 saturated heterocycles. The van der Waals surface area contributed by atoms with Crippen LogP contribution in [-0.4, -0.2) is 30.8 Å². The fourth-order valence-electron chi connectivity index (χ4n) is 0.623. The smallest absolute Gasteiger partial charge is 0.348 e. The van der Waals surface area contributed by atoms with Crippen molar-refractivity contribution in [1.82, 2.24) is 4.73 Å². The van der Waals surface area contributed by atoms with E-state index in [-0.39, 0.29) is 5.97 Å². The molecular weight excluding hydrogens is 226 g/mol. The van der Waals surface area contributed by atoms with Crippen molar-refractivity contribution in [2.75, 3.05) is 7.05 Å². The normalized spacial score (nSPS) is 12.1. The first-order valence-corrected chi connectivity index (χ1v) is 8.71. The lowest BCUT2D eigenvalue weighted by molar-refractivity contribution is -0.161. The van der Waals surface area contributed by atoms with Gasteiger partial charge in [-0.05, 0) is 18.2 Å². The maximum absolute atomic E-state index is 11.3. The van der Waals surface area contributed by atoms with Crippen LogP contribution >= 0.6 is 12.2 Å². The van der Waals surface area contributed by atoms with Crippen molar-refractivity contribution in [2.24, 2.45) is 0 Å². The molecule has 0 rings (SSSR count). The summed E-state index contributed by atoms with van der Waals surface area (Å²) in [5.41, 5.74) is 0. The summed E-state index contributed by atoms with van der Waals surface area (Å²) >= 11 is 4.89. The van der Waals surface area contributed by atoms with E-state index in [1.165, 1.54) is 6.08 Å². The molecule has 0 N–H and O–H groups in total. The lowest BCUT2D eigenvalue weighted by Gasteiger charge is -2.27. The highest BCUT2D eigenvalue weighted by Crippen LogP contribution is 2.07. The summed E-state index contributed by atoms with van der Waals surface area (Å²) < 4.78 is 1.67. The van der Waals surface area contributed by atoms with Crippen molar-refractivity contribution < 1.29 is 9.63 Å². The fraction of sp³-hybridized carbons (Fsp3) is 0.600. The standard InChI is InChI=1S/C10H19NO2SSi/c1-9(14)7-6-8-10(12)13-11(2)15(3,4)5/h6,8H,7H2,1-5H3. The summed E-state index contributed by atoms with van der Waals surface area (Å²) in [6.45, 7) is 8.15. The molecule has 0 fully saturated rings. The molecule has 0 aliphatic heterocycles. The van der Waals surface area contributed by atoms with E-state index < -0.39 is 8.24 Å². The quantitative estimate of drug-likeness (QED) is 0.322. The molecule has 0 atom stereocenters. The van der Waals surface area contributed by atoms with E-state index in [0.717, 1.165) is 4.86 Å². The summed E-state index contributed by atoms with van der Waals surface area (Å²) in [7, 11) is 0.240. The molecule has 0 saturated carbocycles. The van der Waals surface area contributed by atoms with E-state index in [4.69, 9.17) is 17.1 Å².